The molecule has 0 bridgehead atoms. The Hall–Kier alpha value is -1.42. The molecule has 1 unspecified atom stereocenters. The lowest BCUT2D eigenvalue weighted by molar-refractivity contribution is 0.860. The van der Waals surface area contributed by atoms with E-state index in [-0.39, 0.29) is 6.04 Å². The second-order valence-corrected chi connectivity index (χ2v) is 4.75. The number of aromatic nitrogens is 2. The van der Waals surface area contributed by atoms with Crippen LogP contribution in [0.3, 0.4) is 0 Å². The third kappa shape index (κ3) is 2.58. The van der Waals surface area contributed by atoms with Crippen molar-refractivity contribution in [1.29, 1.82) is 0 Å². The molecule has 0 aliphatic rings. The van der Waals surface area contributed by atoms with E-state index < -0.39 is 0 Å². The zero-order valence-corrected chi connectivity index (χ0v) is 10.3. The Morgan fingerprint density at radius 2 is 2.25 bits per heavy atom. The number of rotatable bonds is 4. The van der Waals surface area contributed by atoms with Gasteiger partial charge in [-0.15, -0.1) is 11.3 Å². The quantitative estimate of drug-likeness (QED) is 0.880. The summed E-state index contributed by atoms with van der Waals surface area (Å²) in [6.07, 6.45) is 4.79. The number of aryl methyl sites for hydroxylation is 1. The first kappa shape index (κ1) is 11.1. The van der Waals surface area contributed by atoms with Gasteiger partial charge in [-0.25, -0.2) is 9.97 Å². The molecule has 0 saturated carbocycles. The summed E-state index contributed by atoms with van der Waals surface area (Å²) in [5, 5.41) is 4.45. The summed E-state index contributed by atoms with van der Waals surface area (Å²) in [6.45, 7) is 4.25. The summed E-state index contributed by atoms with van der Waals surface area (Å²) in [7, 11) is 0. The van der Waals surface area contributed by atoms with Crippen molar-refractivity contribution in [2.75, 3.05) is 5.32 Å². The molecular weight excluding hydrogens is 218 g/mol. The Bertz CT molecular complexity index is 439. The molecule has 2 rings (SSSR count). The van der Waals surface area contributed by atoms with Crippen LogP contribution in [0.25, 0.3) is 0 Å². The van der Waals surface area contributed by atoms with Crippen LogP contribution in [-0.2, 0) is 6.42 Å². The first-order valence-corrected chi connectivity index (χ1v) is 6.23. The van der Waals surface area contributed by atoms with E-state index in [2.05, 4.69) is 29.1 Å². The minimum Gasteiger partial charge on any atom is -0.361 e. The first-order chi connectivity index (χ1) is 7.79. The highest BCUT2D eigenvalue weighted by Crippen LogP contribution is 2.22. The van der Waals surface area contributed by atoms with Gasteiger partial charge >= 0.3 is 0 Å². The number of nitrogens with zero attached hydrogens (tertiary/aromatic N) is 2. The van der Waals surface area contributed by atoms with E-state index in [1.165, 1.54) is 4.88 Å². The second-order valence-electron chi connectivity index (χ2n) is 3.60. The van der Waals surface area contributed by atoms with Gasteiger partial charge in [-0.05, 0) is 25.5 Å². The minimum absolute atomic E-state index is 0.209. The smallest absolute Gasteiger partial charge is 0.126 e. The van der Waals surface area contributed by atoms with Gasteiger partial charge < -0.3 is 5.32 Å². The third-order valence-electron chi connectivity index (χ3n) is 2.32. The van der Waals surface area contributed by atoms with Crippen molar-refractivity contribution in [3.63, 3.8) is 0 Å². The molecule has 0 fully saturated rings. The van der Waals surface area contributed by atoms with Gasteiger partial charge in [0.2, 0.25) is 0 Å². The van der Waals surface area contributed by atoms with E-state index in [1.807, 2.05) is 24.4 Å². The molecule has 0 amide bonds. The van der Waals surface area contributed by atoms with Gasteiger partial charge in [-0.3, -0.25) is 0 Å². The Balaban J connectivity index is 2.05. The lowest BCUT2D eigenvalue weighted by Gasteiger charge is -2.11. The van der Waals surface area contributed by atoms with Crippen molar-refractivity contribution >= 4 is 17.2 Å². The van der Waals surface area contributed by atoms with Crippen LogP contribution in [0.2, 0.25) is 0 Å². The van der Waals surface area contributed by atoms with Crippen molar-refractivity contribution in [3.05, 3.63) is 40.5 Å². The lowest BCUT2D eigenvalue weighted by Crippen LogP contribution is -2.06. The fraction of sp³-hybridized carbons (Fsp3) is 0.333. The molecule has 2 aromatic rings. The number of thiazole rings is 1. The zero-order valence-electron chi connectivity index (χ0n) is 9.47. The summed E-state index contributed by atoms with van der Waals surface area (Å²) in [4.78, 5) is 9.97. The van der Waals surface area contributed by atoms with Crippen LogP contribution in [0.5, 0.6) is 0 Å². The Morgan fingerprint density at radius 3 is 2.88 bits per heavy atom. The maximum Gasteiger partial charge on any atom is 0.126 e. The lowest BCUT2D eigenvalue weighted by atomic mass is 10.3. The predicted octanol–water partition coefficient (Wildman–Crippen LogP) is 3.27. The molecule has 0 spiro atoms. The van der Waals surface area contributed by atoms with E-state index in [9.17, 15) is 0 Å². The molecule has 84 valence electrons. The van der Waals surface area contributed by atoms with Crippen LogP contribution in [-0.4, -0.2) is 9.97 Å². The minimum atomic E-state index is 0.209. The van der Waals surface area contributed by atoms with E-state index in [4.69, 9.17) is 0 Å². The molecule has 0 saturated heterocycles. The van der Waals surface area contributed by atoms with Crippen molar-refractivity contribution < 1.29 is 0 Å². The molecule has 3 nitrogen and oxygen atoms in total. The van der Waals surface area contributed by atoms with Gasteiger partial charge in [0.15, 0.2) is 0 Å². The number of hydrogen-bond donors (Lipinski definition) is 1. The summed E-state index contributed by atoms with van der Waals surface area (Å²) in [5.41, 5.74) is 0. The maximum absolute atomic E-state index is 4.41. The predicted molar refractivity (Wildman–Crippen MR) is 67.8 cm³/mol. The van der Waals surface area contributed by atoms with Gasteiger partial charge in [0, 0.05) is 17.3 Å². The van der Waals surface area contributed by atoms with E-state index in [0.29, 0.717) is 0 Å². The van der Waals surface area contributed by atoms with Gasteiger partial charge in [0.05, 0.1) is 6.04 Å². The molecule has 16 heavy (non-hydrogen) atoms. The first-order valence-electron chi connectivity index (χ1n) is 5.41. The number of pyridine rings is 1. The molecule has 4 heteroatoms. The monoisotopic (exact) mass is 233 g/mol. The van der Waals surface area contributed by atoms with E-state index in [1.54, 1.807) is 17.5 Å². The summed E-state index contributed by atoms with van der Waals surface area (Å²) in [6, 6.07) is 6.06. The Morgan fingerprint density at radius 1 is 1.38 bits per heavy atom. The molecule has 2 aromatic heterocycles. The van der Waals surface area contributed by atoms with Crippen molar-refractivity contribution in [2.45, 2.75) is 26.3 Å². The largest absolute Gasteiger partial charge is 0.361 e. The molecular formula is C12H15N3S. The molecule has 2 heterocycles. The summed E-state index contributed by atoms with van der Waals surface area (Å²) in [5.74, 6) is 0.892. The van der Waals surface area contributed by atoms with Crippen LogP contribution in [0.15, 0.2) is 30.6 Å². The van der Waals surface area contributed by atoms with Gasteiger partial charge in [-0.1, -0.05) is 13.0 Å². The van der Waals surface area contributed by atoms with Crippen LogP contribution in [0.1, 0.15) is 29.8 Å². The van der Waals surface area contributed by atoms with Crippen molar-refractivity contribution in [3.8, 4) is 0 Å². The van der Waals surface area contributed by atoms with E-state index >= 15 is 0 Å². The van der Waals surface area contributed by atoms with Gasteiger partial charge in [-0.2, -0.15) is 0 Å². The second kappa shape index (κ2) is 5.07. The van der Waals surface area contributed by atoms with E-state index in [0.717, 1.165) is 17.2 Å². The average molecular weight is 233 g/mol. The number of anilines is 1. The molecule has 0 aliphatic carbocycles. The van der Waals surface area contributed by atoms with Crippen LogP contribution in [0, 0.1) is 0 Å². The SMILES string of the molecule is CCc1cnc(C(C)Nc2ccccn2)s1. The standard InChI is InChI=1S/C12H15N3S/c1-3-10-8-14-12(16-10)9(2)15-11-6-4-5-7-13-11/h4-9H,3H2,1-2H3,(H,13,15). The average Bonchev–Trinajstić information content (AvgIpc) is 2.79. The van der Waals surface area contributed by atoms with Crippen LogP contribution < -0.4 is 5.32 Å². The highest BCUT2D eigenvalue weighted by Gasteiger charge is 2.09. The van der Waals surface area contributed by atoms with Crippen molar-refractivity contribution in [2.24, 2.45) is 0 Å². The fourth-order valence-corrected chi connectivity index (χ4v) is 2.28. The third-order valence-corrected chi connectivity index (χ3v) is 3.64. The Labute approximate surface area is 99.6 Å². The number of hydrogen-bond acceptors (Lipinski definition) is 4. The van der Waals surface area contributed by atoms with Crippen LogP contribution >= 0.6 is 11.3 Å². The number of nitrogens with one attached hydrogen (secondary N) is 1. The Kier molecular flexibility index (Phi) is 3.51. The maximum atomic E-state index is 4.41. The van der Waals surface area contributed by atoms with Crippen molar-refractivity contribution in [1.82, 2.24) is 9.97 Å². The molecule has 0 radical (unpaired) electrons. The zero-order chi connectivity index (χ0) is 11.4. The normalized spacial score (nSPS) is 12.4. The van der Waals surface area contributed by atoms with Gasteiger partial charge in [0.1, 0.15) is 10.8 Å². The summed E-state index contributed by atoms with van der Waals surface area (Å²) < 4.78 is 0. The molecule has 0 aliphatic heterocycles. The molecule has 1 atom stereocenters. The summed E-state index contributed by atoms with van der Waals surface area (Å²) >= 11 is 1.76. The molecule has 1 N–H and O–H groups in total. The topological polar surface area (TPSA) is 37.8 Å². The van der Waals surface area contributed by atoms with Crippen LogP contribution in [0.4, 0.5) is 5.82 Å². The highest BCUT2D eigenvalue weighted by atomic mass is 32.1. The highest BCUT2D eigenvalue weighted by molar-refractivity contribution is 7.11. The fourth-order valence-electron chi connectivity index (χ4n) is 1.42. The van der Waals surface area contributed by atoms with Gasteiger partial charge in [0.25, 0.3) is 0 Å². The molecule has 0 aromatic carbocycles.